The zero-order valence-electron chi connectivity index (χ0n) is 32.9. The Balaban J connectivity index is 0.950. The zero-order valence-corrected chi connectivity index (χ0v) is 33.7. The third-order valence-electron chi connectivity index (χ3n) is 11.7. The van der Waals surface area contributed by atoms with E-state index in [0.717, 1.165) is 17.1 Å². The molecule has 282 valence electrons. The predicted molar refractivity (Wildman–Crippen MR) is 259 cm³/mol. The monoisotopic (exact) mass is 781 g/mol. The van der Waals surface area contributed by atoms with Crippen molar-refractivity contribution in [2.75, 3.05) is 4.90 Å². The second-order valence-corrected chi connectivity index (χ2v) is 16.3. The fourth-order valence-electron chi connectivity index (χ4n) is 8.85. The van der Waals surface area contributed by atoms with Crippen LogP contribution in [0.2, 0.25) is 0 Å². The third-order valence-corrected chi connectivity index (χ3v) is 12.9. The molecule has 0 saturated carbocycles. The molecule has 2 heteroatoms. The SMILES string of the molecule is c1ccc(-c2ccccc2-c2cccc(-c3ccc(N(c4ccccc4)c4ccc(-c5cccc6cccc(-c7cccc8c7sc7ccccc78)c56)cc4)cc3)c2)cc1. The van der Waals surface area contributed by atoms with Gasteiger partial charge >= 0.3 is 0 Å². The molecule has 11 rings (SSSR count). The molecule has 10 aromatic carbocycles. The molecule has 0 amide bonds. The molecule has 0 bridgehead atoms. The molecule has 0 N–H and O–H groups in total. The Morgan fingerprint density at radius 2 is 0.767 bits per heavy atom. The van der Waals surface area contributed by atoms with Crippen LogP contribution in [-0.2, 0) is 0 Å². The van der Waals surface area contributed by atoms with Crippen molar-refractivity contribution in [2.45, 2.75) is 0 Å². The van der Waals surface area contributed by atoms with E-state index in [-0.39, 0.29) is 0 Å². The smallest absolute Gasteiger partial charge is 0.0462 e. The largest absolute Gasteiger partial charge is 0.311 e. The molecule has 0 unspecified atom stereocenters. The average Bonchev–Trinajstić information content (AvgIpc) is 3.72. The fourth-order valence-corrected chi connectivity index (χ4v) is 10.1. The fraction of sp³-hybridized carbons (Fsp3) is 0. The number of anilines is 3. The van der Waals surface area contributed by atoms with Crippen molar-refractivity contribution in [3.05, 3.63) is 237 Å². The minimum atomic E-state index is 1.10. The summed E-state index contributed by atoms with van der Waals surface area (Å²) in [6.45, 7) is 0. The number of hydrogen-bond acceptors (Lipinski definition) is 2. The summed E-state index contributed by atoms with van der Waals surface area (Å²) in [4.78, 5) is 2.34. The molecule has 0 aliphatic heterocycles. The maximum atomic E-state index is 2.34. The van der Waals surface area contributed by atoms with Gasteiger partial charge < -0.3 is 4.90 Å². The van der Waals surface area contributed by atoms with Crippen LogP contribution in [0.1, 0.15) is 0 Å². The molecule has 1 aromatic heterocycles. The van der Waals surface area contributed by atoms with Gasteiger partial charge in [-0.05, 0) is 109 Å². The van der Waals surface area contributed by atoms with Gasteiger partial charge in [0.1, 0.15) is 0 Å². The summed E-state index contributed by atoms with van der Waals surface area (Å²) >= 11 is 1.89. The lowest BCUT2D eigenvalue weighted by atomic mass is 9.91. The lowest BCUT2D eigenvalue weighted by Gasteiger charge is -2.26. The van der Waals surface area contributed by atoms with Crippen molar-refractivity contribution in [3.8, 4) is 55.6 Å². The molecule has 0 spiro atoms. The van der Waals surface area contributed by atoms with Crippen LogP contribution in [0, 0.1) is 0 Å². The van der Waals surface area contributed by atoms with E-state index in [9.17, 15) is 0 Å². The van der Waals surface area contributed by atoms with Gasteiger partial charge in [0.05, 0.1) is 0 Å². The minimum Gasteiger partial charge on any atom is -0.311 e. The molecular formula is C58H39NS. The first-order chi connectivity index (χ1) is 29.8. The quantitative estimate of drug-likeness (QED) is 0.148. The first-order valence-corrected chi connectivity index (χ1v) is 21.3. The Morgan fingerprint density at radius 1 is 0.283 bits per heavy atom. The van der Waals surface area contributed by atoms with Crippen molar-refractivity contribution < 1.29 is 0 Å². The van der Waals surface area contributed by atoms with Gasteiger partial charge in [0, 0.05) is 42.8 Å². The van der Waals surface area contributed by atoms with Crippen LogP contribution in [0.3, 0.4) is 0 Å². The summed E-state index contributed by atoms with van der Waals surface area (Å²) in [5.41, 5.74) is 15.6. The summed E-state index contributed by atoms with van der Waals surface area (Å²) in [5.74, 6) is 0. The van der Waals surface area contributed by atoms with E-state index in [1.54, 1.807) is 0 Å². The van der Waals surface area contributed by atoms with Gasteiger partial charge in [0.2, 0.25) is 0 Å². The highest BCUT2D eigenvalue weighted by atomic mass is 32.1. The van der Waals surface area contributed by atoms with E-state index >= 15 is 0 Å². The van der Waals surface area contributed by atoms with Gasteiger partial charge in [-0.25, -0.2) is 0 Å². The van der Waals surface area contributed by atoms with E-state index in [0.29, 0.717) is 0 Å². The molecule has 0 atom stereocenters. The maximum absolute atomic E-state index is 2.34. The van der Waals surface area contributed by atoms with Crippen LogP contribution >= 0.6 is 11.3 Å². The Kier molecular flexibility index (Phi) is 9.11. The summed E-state index contributed by atoms with van der Waals surface area (Å²) < 4.78 is 2.66. The summed E-state index contributed by atoms with van der Waals surface area (Å²) in [5, 5.41) is 5.16. The van der Waals surface area contributed by atoms with Gasteiger partial charge in [-0.3, -0.25) is 0 Å². The molecule has 0 radical (unpaired) electrons. The molecule has 1 nitrogen and oxygen atoms in total. The summed E-state index contributed by atoms with van der Waals surface area (Å²) in [6, 6.07) is 85.9. The van der Waals surface area contributed by atoms with E-state index in [1.807, 2.05) is 11.3 Å². The number of hydrogen-bond donors (Lipinski definition) is 0. The van der Waals surface area contributed by atoms with Gasteiger partial charge in [0.15, 0.2) is 0 Å². The molecule has 1 heterocycles. The van der Waals surface area contributed by atoms with Gasteiger partial charge in [0.25, 0.3) is 0 Å². The second kappa shape index (κ2) is 15.3. The second-order valence-electron chi connectivity index (χ2n) is 15.2. The van der Waals surface area contributed by atoms with E-state index in [1.165, 1.54) is 86.6 Å². The van der Waals surface area contributed by atoms with Crippen LogP contribution < -0.4 is 4.90 Å². The van der Waals surface area contributed by atoms with Gasteiger partial charge in [-0.15, -0.1) is 11.3 Å². The Labute approximate surface area is 354 Å². The van der Waals surface area contributed by atoms with Gasteiger partial charge in [-0.2, -0.15) is 0 Å². The first kappa shape index (κ1) is 35.6. The van der Waals surface area contributed by atoms with Crippen molar-refractivity contribution in [1.29, 1.82) is 0 Å². The minimum absolute atomic E-state index is 1.10. The molecular weight excluding hydrogens is 743 g/mol. The molecule has 0 fully saturated rings. The topological polar surface area (TPSA) is 3.24 Å². The molecule has 0 saturated heterocycles. The lowest BCUT2D eigenvalue weighted by molar-refractivity contribution is 1.28. The first-order valence-electron chi connectivity index (χ1n) is 20.5. The van der Waals surface area contributed by atoms with Crippen LogP contribution in [0.25, 0.3) is 86.6 Å². The van der Waals surface area contributed by atoms with Crippen molar-refractivity contribution in [1.82, 2.24) is 0 Å². The normalized spacial score (nSPS) is 11.3. The highest BCUT2D eigenvalue weighted by Crippen LogP contribution is 2.45. The Morgan fingerprint density at radius 3 is 1.52 bits per heavy atom. The van der Waals surface area contributed by atoms with Crippen LogP contribution in [0.5, 0.6) is 0 Å². The Hall–Kier alpha value is -7.52. The number of para-hydroxylation sites is 1. The summed E-state index contributed by atoms with van der Waals surface area (Å²) in [6.07, 6.45) is 0. The number of nitrogens with zero attached hydrogens (tertiary/aromatic N) is 1. The van der Waals surface area contributed by atoms with E-state index < -0.39 is 0 Å². The van der Waals surface area contributed by atoms with Crippen LogP contribution in [0.15, 0.2) is 237 Å². The van der Waals surface area contributed by atoms with Crippen LogP contribution in [-0.4, -0.2) is 0 Å². The lowest BCUT2D eigenvalue weighted by Crippen LogP contribution is -2.09. The molecule has 11 aromatic rings. The maximum Gasteiger partial charge on any atom is 0.0462 e. The predicted octanol–water partition coefficient (Wildman–Crippen LogP) is 17.0. The van der Waals surface area contributed by atoms with Gasteiger partial charge in [-0.1, -0.05) is 188 Å². The van der Waals surface area contributed by atoms with E-state index in [2.05, 4.69) is 241 Å². The zero-order chi connectivity index (χ0) is 39.8. The molecule has 0 aliphatic carbocycles. The molecule has 0 aliphatic rings. The van der Waals surface area contributed by atoms with Crippen molar-refractivity contribution >= 4 is 59.3 Å². The standard InChI is InChI=1S/C58H39NS/c1-3-15-41(16-4-1)49-23-7-8-24-50(49)45-20-11-19-44(39-45)40-31-35-47(36-32-40)59(46-21-5-2-6-22-46)48-37-33-42(34-38-48)51-26-12-17-43-18-13-27-53(57(43)51)55-29-14-28-54-52-25-9-10-30-56(52)60-58(54)55/h1-39H. The van der Waals surface area contributed by atoms with Crippen molar-refractivity contribution in [2.24, 2.45) is 0 Å². The number of fused-ring (bicyclic) bond motifs is 4. The number of rotatable bonds is 8. The Bertz CT molecular complexity index is 3290. The third kappa shape index (κ3) is 6.44. The average molecular weight is 782 g/mol. The highest BCUT2D eigenvalue weighted by Gasteiger charge is 2.17. The summed E-state index contributed by atoms with van der Waals surface area (Å²) in [7, 11) is 0. The van der Waals surface area contributed by atoms with Crippen LogP contribution in [0.4, 0.5) is 17.1 Å². The van der Waals surface area contributed by atoms with Crippen molar-refractivity contribution in [3.63, 3.8) is 0 Å². The van der Waals surface area contributed by atoms with E-state index in [4.69, 9.17) is 0 Å². The molecule has 60 heavy (non-hydrogen) atoms. The highest BCUT2D eigenvalue weighted by molar-refractivity contribution is 7.26. The number of benzene rings is 10. The number of thiophene rings is 1.